The third-order valence-electron chi connectivity index (χ3n) is 2.98. The van der Waals surface area contributed by atoms with Crippen LogP contribution in [0.1, 0.15) is 18.2 Å². The molecule has 3 rings (SSSR count). The number of hydrogen-bond acceptors (Lipinski definition) is 5. The summed E-state index contributed by atoms with van der Waals surface area (Å²) in [6, 6.07) is 5.88. The van der Waals surface area contributed by atoms with Gasteiger partial charge in [0.25, 0.3) is 10.8 Å². The molecule has 0 aliphatic carbocycles. The van der Waals surface area contributed by atoms with Gasteiger partial charge in [-0.25, -0.2) is 9.37 Å². The fraction of sp³-hybridized carbons (Fsp3) is 0.214. The second-order valence-electron chi connectivity index (χ2n) is 4.51. The van der Waals surface area contributed by atoms with Crippen LogP contribution in [0.25, 0.3) is 4.96 Å². The van der Waals surface area contributed by atoms with Crippen LogP contribution in [0.4, 0.5) is 4.39 Å². The van der Waals surface area contributed by atoms with Gasteiger partial charge in [0.2, 0.25) is 4.96 Å². The average Bonchev–Trinajstić information content (AvgIpc) is 2.86. The van der Waals surface area contributed by atoms with Crippen molar-refractivity contribution < 1.29 is 9.13 Å². The molecule has 0 unspecified atom stereocenters. The maximum absolute atomic E-state index is 13.2. The summed E-state index contributed by atoms with van der Waals surface area (Å²) in [7, 11) is 0. The molecule has 0 radical (unpaired) electrons. The van der Waals surface area contributed by atoms with Crippen molar-refractivity contribution in [1.82, 2.24) is 14.6 Å². The minimum absolute atomic E-state index is 0.238. The summed E-state index contributed by atoms with van der Waals surface area (Å²) in [5, 5.41) is 4.37. The normalized spacial score (nSPS) is 11.0. The number of halogens is 1. The summed E-state index contributed by atoms with van der Waals surface area (Å²) >= 11 is 1.17. The van der Waals surface area contributed by atoms with Gasteiger partial charge in [-0.2, -0.15) is 4.52 Å². The fourth-order valence-electron chi connectivity index (χ4n) is 1.84. The van der Waals surface area contributed by atoms with Crippen LogP contribution in [-0.2, 0) is 6.42 Å². The highest BCUT2D eigenvalue weighted by Crippen LogP contribution is 2.26. The van der Waals surface area contributed by atoms with E-state index < -0.39 is 0 Å². The van der Waals surface area contributed by atoms with E-state index in [2.05, 4.69) is 10.1 Å². The summed E-state index contributed by atoms with van der Waals surface area (Å²) < 4.78 is 20.0. The van der Waals surface area contributed by atoms with Crippen molar-refractivity contribution in [2.75, 3.05) is 0 Å². The summed E-state index contributed by atoms with van der Waals surface area (Å²) in [6.07, 6.45) is 0.678. The van der Waals surface area contributed by atoms with Crippen LogP contribution < -0.4 is 10.3 Å². The molecule has 0 amide bonds. The molecule has 5 nitrogen and oxygen atoms in total. The lowest BCUT2D eigenvalue weighted by molar-refractivity contribution is 0.467. The topological polar surface area (TPSA) is 56.5 Å². The van der Waals surface area contributed by atoms with Crippen molar-refractivity contribution in [2.24, 2.45) is 0 Å². The monoisotopic (exact) mass is 305 g/mol. The molecule has 2 aromatic heterocycles. The molecule has 3 aromatic rings. The molecule has 0 saturated heterocycles. The molecule has 0 bridgehead atoms. The molecular formula is C14H12FN3O2S. The van der Waals surface area contributed by atoms with Crippen LogP contribution >= 0.6 is 11.3 Å². The lowest BCUT2D eigenvalue weighted by Crippen LogP contribution is -2.14. The lowest BCUT2D eigenvalue weighted by Gasteiger charge is -2.02. The molecule has 2 heterocycles. The first-order valence-electron chi connectivity index (χ1n) is 6.40. The third kappa shape index (κ3) is 2.64. The molecule has 7 heteroatoms. The predicted octanol–water partition coefficient (Wildman–Crippen LogP) is 2.95. The van der Waals surface area contributed by atoms with E-state index in [1.165, 1.54) is 34.1 Å². The number of benzene rings is 1. The van der Waals surface area contributed by atoms with E-state index in [0.29, 0.717) is 33.6 Å². The Hall–Kier alpha value is -2.28. The molecule has 0 atom stereocenters. The third-order valence-corrected chi connectivity index (χ3v) is 3.76. The fourth-order valence-corrected chi connectivity index (χ4v) is 2.64. The van der Waals surface area contributed by atoms with Crippen LogP contribution in [-0.4, -0.2) is 14.6 Å². The molecular weight excluding hydrogens is 293 g/mol. The van der Waals surface area contributed by atoms with Gasteiger partial charge in [-0.1, -0.05) is 6.92 Å². The summed E-state index contributed by atoms with van der Waals surface area (Å²) in [5.41, 5.74) is 0.961. The SMILES string of the molecule is CCc1cc(=O)n2nc(Oc3ccc(F)c(C)c3)sc2n1. The Bertz CT molecular complexity index is 872. The van der Waals surface area contributed by atoms with E-state index in [4.69, 9.17) is 4.74 Å². The molecule has 0 N–H and O–H groups in total. The zero-order chi connectivity index (χ0) is 15.0. The maximum Gasteiger partial charge on any atom is 0.299 e. The second kappa shape index (κ2) is 5.25. The molecule has 21 heavy (non-hydrogen) atoms. The first-order chi connectivity index (χ1) is 10.1. The van der Waals surface area contributed by atoms with E-state index in [1.54, 1.807) is 13.0 Å². The average molecular weight is 305 g/mol. The summed E-state index contributed by atoms with van der Waals surface area (Å²) in [6.45, 7) is 3.58. The van der Waals surface area contributed by atoms with Gasteiger partial charge in [-0.3, -0.25) is 4.79 Å². The Morgan fingerprint density at radius 2 is 2.19 bits per heavy atom. The van der Waals surface area contributed by atoms with Crippen LogP contribution in [0.15, 0.2) is 29.1 Å². The Morgan fingerprint density at radius 3 is 2.90 bits per heavy atom. The zero-order valence-electron chi connectivity index (χ0n) is 11.5. The van der Waals surface area contributed by atoms with Crippen molar-refractivity contribution in [3.8, 4) is 10.9 Å². The van der Waals surface area contributed by atoms with Crippen molar-refractivity contribution in [1.29, 1.82) is 0 Å². The van der Waals surface area contributed by atoms with Gasteiger partial charge >= 0.3 is 0 Å². The molecule has 0 aliphatic heterocycles. The number of aryl methyl sites for hydroxylation is 2. The molecule has 0 aliphatic rings. The van der Waals surface area contributed by atoms with Crippen LogP contribution in [0.3, 0.4) is 0 Å². The number of rotatable bonds is 3. The van der Waals surface area contributed by atoms with Crippen LogP contribution in [0.5, 0.6) is 10.9 Å². The Balaban J connectivity index is 1.99. The molecule has 0 saturated carbocycles. The van der Waals surface area contributed by atoms with E-state index in [1.807, 2.05) is 6.92 Å². The van der Waals surface area contributed by atoms with E-state index >= 15 is 0 Å². The molecule has 0 fully saturated rings. The van der Waals surface area contributed by atoms with Gasteiger partial charge in [0.1, 0.15) is 11.6 Å². The van der Waals surface area contributed by atoms with Crippen molar-refractivity contribution in [2.45, 2.75) is 20.3 Å². The van der Waals surface area contributed by atoms with E-state index in [0.717, 1.165) is 0 Å². The summed E-state index contributed by atoms with van der Waals surface area (Å²) in [4.78, 5) is 16.7. The minimum atomic E-state index is -0.294. The molecule has 108 valence electrons. The van der Waals surface area contributed by atoms with Crippen LogP contribution in [0, 0.1) is 12.7 Å². The Kier molecular flexibility index (Phi) is 3.42. The predicted molar refractivity (Wildman–Crippen MR) is 77.7 cm³/mol. The van der Waals surface area contributed by atoms with Gasteiger partial charge in [-0.05, 0) is 48.4 Å². The molecule has 1 aromatic carbocycles. The largest absolute Gasteiger partial charge is 0.430 e. The van der Waals surface area contributed by atoms with E-state index in [-0.39, 0.29) is 11.4 Å². The first kappa shape index (κ1) is 13.7. The minimum Gasteiger partial charge on any atom is -0.430 e. The van der Waals surface area contributed by atoms with E-state index in [9.17, 15) is 9.18 Å². The second-order valence-corrected chi connectivity index (χ2v) is 5.43. The standard InChI is InChI=1S/C14H12FN3O2S/c1-3-9-7-12(19)18-13(16-9)21-14(17-18)20-10-4-5-11(15)8(2)6-10/h4-7H,3H2,1-2H3. The quantitative estimate of drug-likeness (QED) is 0.746. The highest BCUT2D eigenvalue weighted by atomic mass is 32.1. The number of aromatic nitrogens is 3. The Morgan fingerprint density at radius 1 is 1.38 bits per heavy atom. The number of fused-ring (bicyclic) bond motifs is 1. The van der Waals surface area contributed by atoms with Crippen molar-refractivity contribution >= 4 is 16.3 Å². The first-order valence-corrected chi connectivity index (χ1v) is 7.22. The van der Waals surface area contributed by atoms with Gasteiger partial charge in [0.15, 0.2) is 0 Å². The lowest BCUT2D eigenvalue weighted by atomic mass is 10.2. The highest BCUT2D eigenvalue weighted by Gasteiger charge is 2.10. The van der Waals surface area contributed by atoms with Gasteiger partial charge in [0.05, 0.1) is 0 Å². The Labute approximate surface area is 123 Å². The molecule has 0 spiro atoms. The van der Waals surface area contributed by atoms with Crippen molar-refractivity contribution in [3.63, 3.8) is 0 Å². The zero-order valence-corrected chi connectivity index (χ0v) is 12.3. The maximum atomic E-state index is 13.2. The number of nitrogens with zero attached hydrogens (tertiary/aromatic N) is 3. The van der Waals surface area contributed by atoms with Gasteiger partial charge in [0, 0.05) is 11.8 Å². The van der Waals surface area contributed by atoms with Crippen LogP contribution in [0.2, 0.25) is 0 Å². The smallest absolute Gasteiger partial charge is 0.299 e. The van der Waals surface area contributed by atoms with Gasteiger partial charge < -0.3 is 4.74 Å². The highest BCUT2D eigenvalue weighted by molar-refractivity contribution is 7.18. The number of hydrogen-bond donors (Lipinski definition) is 0. The van der Waals surface area contributed by atoms with Gasteiger partial charge in [-0.15, -0.1) is 5.10 Å². The number of ether oxygens (including phenoxy) is 1. The summed E-state index contributed by atoms with van der Waals surface area (Å²) in [5.74, 6) is 0.175. The van der Waals surface area contributed by atoms with Crippen molar-refractivity contribution in [3.05, 3.63) is 51.7 Å².